The number of carbonyl (C=O) groups is 1. The lowest BCUT2D eigenvalue weighted by Gasteiger charge is -2.31. The molecule has 0 aliphatic carbocycles. The van der Waals surface area contributed by atoms with Crippen molar-refractivity contribution in [3.63, 3.8) is 0 Å². The lowest BCUT2D eigenvalue weighted by atomic mass is 9.97. The summed E-state index contributed by atoms with van der Waals surface area (Å²) >= 11 is 0. The van der Waals surface area contributed by atoms with Gasteiger partial charge in [0, 0.05) is 25.0 Å². The number of likely N-dealkylation sites (tertiary alicyclic amines) is 1. The molecule has 1 aromatic heterocycles. The molecule has 7 heteroatoms. The van der Waals surface area contributed by atoms with E-state index in [0.717, 1.165) is 23.8 Å². The lowest BCUT2D eigenvalue weighted by Crippen LogP contribution is -2.41. The zero-order chi connectivity index (χ0) is 20.4. The summed E-state index contributed by atoms with van der Waals surface area (Å²) in [6.45, 7) is 3.43. The average Bonchev–Trinajstić information content (AvgIpc) is 3.16. The van der Waals surface area contributed by atoms with Crippen LogP contribution in [0.2, 0.25) is 0 Å². The number of carbonyl (C=O) groups excluding carboxylic acids is 1. The van der Waals surface area contributed by atoms with Crippen LogP contribution in [0.3, 0.4) is 0 Å². The van der Waals surface area contributed by atoms with Crippen LogP contribution in [0.4, 0.5) is 0 Å². The third kappa shape index (κ3) is 4.36. The summed E-state index contributed by atoms with van der Waals surface area (Å²) in [5, 5.41) is 0.913. The van der Waals surface area contributed by atoms with E-state index in [-0.39, 0.29) is 16.7 Å². The second-order valence-corrected chi connectivity index (χ2v) is 9.32. The minimum Gasteiger partial charge on any atom is -0.451 e. The average molecular weight is 413 g/mol. The topological polar surface area (TPSA) is 79.6 Å². The summed E-state index contributed by atoms with van der Waals surface area (Å²) < 4.78 is 33.4. The fourth-order valence-electron chi connectivity index (χ4n) is 3.68. The Balaban J connectivity index is 1.33. The molecule has 152 valence electrons. The Bertz CT molecular complexity index is 1100. The molecule has 2 aromatic carbocycles. The molecule has 0 atom stereocenters. The molecular weight excluding hydrogens is 388 g/mol. The second kappa shape index (κ2) is 8.00. The van der Waals surface area contributed by atoms with Gasteiger partial charge in [-0.3, -0.25) is 4.79 Å². The van der Waals surface area contributed by atoms with Gasteiger partial charge >= 0.3 is 0 Å². The van der Waals surface area contributed by atoms with Crippen molar-refractivity contribution in [3.8, 4) is 0 Å². The highest BCUT2D eigenvalue weighted by molar-refractivity contribution is 7.89. The smallest absolute Gasteiger partial charge is 0.289 e. The maximum absolute atomic E-state index is 12.7. The third-order valence-electron chi connectivity index (χ3n) is 5.40. The van der Waals surface area contributed by atoms with Gasteiger partial charge in [0.2, 0.25) is 10.0 Å². The summed E-state index contributed by atoms with van der Waals surface area (Å²) in [5.41, 5.74) is 1.61. The Morgan fingerprint density at radius 1 is 1.10 bits per heavy atom. The first-order chi connectivity index (χ1) is 13.9. The summed E-state index contributed by atoms with van der Waals surface area (Å²) in [6.07, 6.45) is 1.50. The number of benzene rings is 2. The van der Waals surface area contributed by atoms with Crippen molar-refractivity contribution in [1.82, 2.24) is 9.62 Å². The highest BCUT2D eigenvalue weighted by Crippen LogP contribution is 2.23. The Hall–Kier alpha value is -2.64. The molecule has 1 amide bonds. The Kier molecular flexibility index (Phi) is 5.43. The van der Waals surface area contributed by atoms with Gasteiger partial charge in [-0.15, -0.1) is 0 Å². The van der Waals surface area contributed by atoms with Crippen molar-refractivity contribution in [3.05, 3.63) is 65.9 Å². The van der Waals surface area contributed by atoms with E-state index in [9.17, 15) is 13.2 Å². The zero-order valence-corrected chi connectivity index (χ0v) is 17.1. The van der Waals surface area contributed by atoms with E-state index in [4.69, 9.17) is 4.42 Å². The van der Waals surface area contributed by atoms with E-state index in [1.165, 1.54) is 0 Å². The quantitative estimate of drug-likeness (QED) is 0.695. The number of sulfonamides is 1. The van der Waals surface area contributed by atoms with Gasteiger partial charge in [-0.2, -0.15) is 0 Å². The molecule has 2 heterocycles. The number of para-hydroxylation sites is 1. The predicted octanol–water partition coefficient (Wildman–Crippen LogP) is 3.57. The van der Waals surface area contributed by atoms with Crippen molar-refractivity contribution >= 4 is 26.9 Å². The molecule has 3 aromatic rings. The Morgan fingerprint density at radius 2 is 1.86 bits per heavy atom. The molecule has 6 nitrogen and oxygen atoms in total. The molecule has 0 unspecified atom stereocenters. The van der Waals surface area contributed by atoms with E-state index < -0.39 is 10.0 Å². The number of furan rings is 1. The number of aryl methyl sites for hydroxylation is 1. The molecule has 1 N–H and O–H groups in total. The Morgan fingerprint density at radius 3 is 2.59 bits per heavy atom. The minimum absolute atomic E-state index is 0.111. The van der Waals surface area contributed by atoms with E-state index in [0.29, 0.717) is 31.0 Å². The number of piperidine rings is 1. The van der Waals surface area contributed by atoms with Gasteiger partial charge in [-0.1, -0.05) is 30.3 Å². The first kappa shape index (κ1) is 19.7. The molecule has 0 spiro atoms. The normalized spacial score (nSPS) is 15.7. The van der Waals surface area contributed by atoms with Gasteiger partial charge in [0.15, 0.2) is 5.76 Å². The number of hydrogen-bond donors (Lipinski definition) is 1. The van der Waals surface area contributed by atoms with Crippen LogP contribution in [0.5, 0.6) is 0 Å². The van der Waals surface area contributed by atoms with E-state index >= 15 is 0 Å². The highest BCUT2D eigenvalue weighted by atomic mass is 32.2. The van der Waals surface area contributed by atoms with Crippen LogP contribution >= 0.6 is 0 Å². The maximum atomic E-state index is 12.7. The molecule has 4 rings (SSSR count). The van der Waals surface area contributed by atoms with Crippen molar-refractivity contribution in [2.75, 3.05) is 19.6 Å². The number of hydrogen-bond acceptors (Lipinski definition) is 4. The molecule has 1 aliphatic heterocycles. The van der Waals surface area contributed by atoms with Gasteiger partial charge in [0.25, 0.3) is 5.91 Å². The van der Waals surface area contributed by atoms with Crippen molar-refractivity contribution in [1.29, 1.82) is 0 Å². The molecular formula is C22H24N2O4S. The molecule has 0 bridgehead atoms. The molecule has 0 saturated carbocycles. The monoisotopic (exact) mass is 412 g/mol. The van der Waals surface area contributed by atoms with Gasteiger partial charge < -0.3 is 9.32 Å². The number of nitrogens with one attached hydrogen (secondary N) is 1. The number of nitrogens with zero attached hydrogens (tertiary/aromatic N) is 1. The minimum atomic E-state index is -3.52. The first-order valence-corrected chi connectivity index (χ1v) is 11.2. The lowest BCUT2D eigenvalue weighted by molar-refractivity contribution is 0.0662. The third-order valence-corrected chi connectivity index (χ3v) is 6.82. The summed E-state index contributed by atoms with van der Waals surface area (Å²) in [4.78, 5) is 14.8. The molecule has 1 aliphatic rings. The summed E-state index contributed by atoms with van der Waals surface area (Å²) in [6, 6.07) is 16.2. The van der Waals surface area contributed by atoms with Crippen LogP contribution < -0.4 is 4.72 Å². The van der Waals surface area contributed by atoms with Crippen molar-refractivity contribution in [2.45, 2.75) is 24.7 Å². The maximum Gasteiger partial charge on any atom is 0.289 e. The second-order valence-electron chi connectivity index (χ2n) is 7.55. The largest absolute Gasteiger partial charge is 0.451 e. The van der Waals surface area contributed by atoms with Crippen LogP contribution in [0, 0.1) is 12.8 Å². The predicted molar refractivity (Wildman–Crippen MR) is 111 cm³/mol. The van der Waals surface area contributed by atoms with Gasteiger partial charge in [-0.05, 0) is 55.5 Å². The van der Waals surface area contributed by atoms with Crippen LogP contribution in [0.25, 0.3) is 11.0 Å². The molecule has 29 heavy (non-hydrogen) atoms. The van der Waals surface area contributed by atoms with Gasteiger partial charge in [-0.25, -0.2) is 13.1 Å². The van der Waals surface area contributed by atoms with Crippen LogP contribution in [-0.4, -0.2) is 38.9 Å². The number of rotatable bonds is 5. The number of amides is 1. The molecule has 0 radical (unpaired) electrons. The fourth-order valence-corrected chi connectivity index (χ4v) is 4.90. The van der Waals surface area contributed by atoms with E-state index in [1.54, 1.807) is 29.2 Å². The summed E-state index contributed by atoms with van der Waals surface area (Å²) in [5.74, 6) is 0.444. The van der Waals surface area contributed by atoms with Gasteiger partial charge in [0.1, 0.15) is 5.58 Å². The zero-order valence-electron chi connectivity index (χ0n) is 16.3. The van der Waals surface area contributed by atoms with Crippen LogP contribution in [-0.2, 0) is 10.0 Å². The van der Waals surface area contributed by atoms with E-state index in [1.807, 2.05) is 37.3 Å². The number of fused-ring (bicyclic) bond motifs is 1. The highest BCUT2D eigenvalue weighted by Gasteiger charge is 2.26. The van der Waals surface area contributed by atoms with Crippen molar-refractivity contribution in [2.24, 2.45) is 5.92 Å². The van der Waals surface area contributed by atoms with E-state index in [2.05, 4.69) is 4.72 Å². The fraction of sp³-hybridized carbons (Fsp3) is 0.318. The first-order valence-electron chi connectivity index (χ1n) is 9.76. The van der Waals surface area contributed by atoms with Crippen LogP contribution in [0.1, 0.15) is 29.0 Å². The molecule has 1 fully saturated rings. The van der Waals surface area contributed by atoms with Crippen molar-refractivity contribution < 1.29 is 17.6 Å². The van der Waals surface area contributed by atoms with Crippen LogP contribution in [0.15, 0.2) is 63.9 Å². The summed E-state index contributed by atoms with van der Waals surface area (Å²) in [7, 11) is -3.52. The Labute approximate surface area is 170 Å². The standard InChI is InChI=1S/C22H24N2O4S/c1-16-5-4-7-19(13-16)29(26,27)23-15-17-9-11-24(12-10-17)22(25)21-14-18-6-2-3-8-20(18)28-21/h2-8,13-14,17,23H,9-12,15H2,1H3. The van der Waals surface area contributed by atoms with Gasteiger partial charge in [0.05, 0.1) is 4.90 Å². The molecule has 1 saturated heterocycles. The SMILES string of the molecule is Cc1cccc(S(=O)(=O)NCC2CCN(C(=O)c3cc4ccccc4o3)CC2)c1.